The Morgan fingerprint density at radius 2 is 2.06 bits per heavy atom. The Labute approximate surface area is 202 Å². The van der Waals surface area contributed by atoms with Crippen molar-refractivity contribution in [3.05, 3.63) is 39.8 Å². The number of carbonyl (C=O) groups is 1. The van der Waals surface area contributed by atoms with Gasteiger partial charge < -0.3 is 19.5 Å². The molecule has 4 rings (SSSR count). The number of unbranched alkanes of at least 4 members (excludes halogenated alkanes) is 1. The van der Waals surface area contributed by atoms with Crippen LogP contribution in [-0.4, -0.2) is 40.6 Å². The maximum absolute atomic E-state index is 13.4. The van der Waals surface area contributed by atoms with E-state index in [0.29, 0.717) is 35.3 Å². The zero-order valence-corrected chi connectivity index (χ0v) is 21.0. The van der Waals surface area contributed by atoms with Gasteiger partial charge in [-0.05, 0) is 72.7 Å². The van der Waals surface area contributed by atoms with E-state index in [1.807, 2.05) is 19.1 Å². The van der Waals surface area contributed by atoms with Gasteiger partial charge in [0.15, 0.2) is 11.5 Å². The van der Waals surface area contributed by atoms with Gasteiger partial charge in [0, 0.05) is 5.70 Å². The molecule has 1 N–H and O–H groups in total. The molecule has 0 radical (unpaired) electrons. The fourth-order valence-electron chi connectivity index (χ4n) is 4.42. The minimum Gasteiger partial charge on any atom is -0.493 e. The van der Waals surface area contributed by atoms with E-state index in [-0.39, 0.29) is 12.1 Å². The van der Waals surface area contributed by atoms with Gasteiger partial charge in [-0.15, -0.1) is 0 Å². The van der Waals surface area contributed by atoms with Gasteiger partial charge in [-0.1, -0.05) is 19.8 Å². The van der Waals surface area contributed by atoms with Crippen LogP contribution in [0.15, 0.2) is 34.2 Å². The molecular formula is C24H31BrN4O4. The Morgan fingerprint density at radius 3 is 2.79 bits per heavy atom. The molecule has 1 aliphatic heterocycles. The Morgan fingerprint density at radius 1 is 1.27 bits per heavy atom. The van der Waals surface area contributed by atoms with Crippen molar-refractivity contribution >= 4 is 27.8 Å². The van der Waals surface area contributed by atoms with Crippen LogP contribution in [0.2, 0.25) is 0 Å². The molecule has 1 atom stereocenters. The van der Waals surface area contributed by atoms with E-state index in [0.717, 1.165) is 48.6 Å². The van der Waals surface area contributed by atoms with Crippen LogP contribution in [-0.2, 0) is 9.53 Å². The van der Waals surface area contributed by atoms with Crippen LogP contribution >= 0.6 is 15.9 Å². The fourth-order valence-corrected chi connectivity index (χ4v) is 4.99. The number of rotatable bonds is 8. The first-order chi connectivity index (χ1) is 16.0. The summed E-state index contributed by atoms with van der Waals surface area (Å²) in [6.45, 7) is 4.59. The van der Waals surface area contributed by atoms with Gasteiger partial charge in [-0.25, -0.2) is 9.48 Å². The second kappa shape index (κ2) is 10.6. The zero-order chi connectivity index (χ0) is 23.4. The molecule has 33 heavy (non-hydrogen) atoms. The van der Waals surface area contributed by atoms with Crippen LogP contribution in [0.5, 0.6) is 11.5 Å². The molecule has 0 bridgehead atoms. The third-order valence-electron chi connectivity index (χ3n) is 6.15. The number of allylic oxidation sites excluding steroid dienone is 1. The molecule has 0 spiro atoms. The predicted molar refractivity (Wildman–Crippen MR) is 129 cm³/mol. The quantitative estimate of drug-likeness (QED) is 0.370. The van der Waals surface area contributed by atoms with Gasteiger partial charge in [0.05, 0.1) is 23.8 Å². The number of ether oxygens (including phenoxy) is 3. The number of anilines is 1. The van der Waals surface area contributed by atoms with E-state index in [2.05, 4.69) is 38.3 Å². The fraction of sp³-hybridized carbons (Fsp3) is 0.542. The summed E-state index contributed by atoms with van der Waals surface area (Å²) in [6, 6.07) is 3.34. The molecule has 1 fully saturated rings. The summed E-state index contributed by atoms with van der Waals surface area (Å²) in [7, 11) is 1.61. The van der Waals surface area contributed by atoms with Crippen molar-refractivity contribution in [3.8, 4) is 11.5 Å². The Kier molecular flexibility index (Phi) is 7.57. The number of hydrogen-bond acceptors (Lipinski definition) is 7. The molecule has 9 heteroatoms. The van der Waals surface area contributed by atoms with Gasteiger partial charge in [0.2, 0.25) is 5.95 Å². The summed E-state index contributed by atoms with van der Waals surface area (Å²) in [6.07, 6.45) is 8.63. The van der Waals surface area contributed by atoms with Crippen molar-refractivity contribution in [3.63, 3.8) is 0 Å². The third-order valence-corrected chi connectivity index (χ3v) is 6.74. The van der Waals surface area contributed by atoms with Crippen LogP contribution < -0.4 is 14.8 Å². The number of nitrogens with zero attached hydrogens (tertiary/aromatic N) is 3. The zero-order valence-electron chi connectivity index (χ0n) is 19.4. The van der Waals surface area contributed by atoms with E-state index < -0.39 is 6.04 Å². The van der Waals surface area contributed by atoms with E-state index >= 15 is 0 Å². The van der Waals surface area contributed by atoms with E-state index in [4.69, 9.17) is 14.2 Å². The summed E-state index contributed by atoms with van der Waals surface area (Å²) in [4.78, 5) is 17.7. The number of methoxy groups -OCH3 is 1. The number of benzene rings is 1. The van der Waals surface area contributed by atoms with Gasteiger partial charge in [0.1, 0.15) is 18.5 Å². The summed E-state index contributed by atoms with van der Waals surface area (Å²) < 4.78 is 20.0. The lowest BCUT2D eigenvalue weighted by molar-refractivity contribution is -0.146. The standard InChI is InChI=1S/C24H31BrN4O4/c1-4-5-11-32-22-18(25)12-16(13-19(22)31-3)21-20(15(2)28-24-26-14-27-29(21)24)23(30)33-17-9-7-6-8-10-17/h12-14,17,21H,4-11H2,1-3H3,(H,26,27,28). The number of carbonyl (C=O) groups excluding carboxylic acids is 1. The van der Waals surface area contributed by atoms with Gasteiger partial charge >= 0.3 is 5.97 Å². The first kappa shape index (κ1) is 23.6. The molecule has 0 saturated heterocycles. The van der Waals surface area contributed by atoms with Crippen molar-refractivity contribution in [1.82, 2.24) is 14.8 Å². The summed E-state index contributed by atoms with van der Waals surface area (Å²) >= 11 is 3.64. The molecule has 2 aliphatic rings. The van der Waals surface area contributed by atoms with Gasteiger partial charge in [-0.3, -0.25) is 0 Å². The Balaban J connectivity index is 1.71. The molecule has 1 aromatic carbocycles. The first-order valence-electron chi connectivity index (χ1n) is 11.6. The average molecular weight is 519 g/mol. The maximum atomic E-state index is 13.4. The number of fused-ring (bicyclic) bond motifs is 1. The van der Waals surface area contributed by atoms with Crippen molar-refractivity contribution in [2.24, 2.45) is 0 Å². The number of hydrogen-bond donors (Lipinski definition) is 1. The van der Waals surface area contributed by atoms with E-state index in [9.17, 15) is 4.79 Å². The predicted octanol–water partition coefficient (Wildman–Crippen LogP) is 5.39. The number of aromatic nitrogens is 3. The van der Waals surface area contributed by atoms with Crippen LogP contribution in [0.25, 0.3) is 0 Å². The second-order valence-electron chi connectivity index (χ2n) is 8.50. The molecule has 1 aromatic heterocycles. The van der Waals surface area contributed by atoms with Gasteiger partial charge in [0.25, 0.3) is 0 Å². The highest BCUT2D eigenvalue weighted by Gasteiger charge is 2.36. The number of halogens is 1. The summed E-state index contributed by atoms with van der Waals surface area (Å²) in [5.74, 6) is 1.49. The average Bonchev–Trinajstić information content (AvgIpc) is 3.27. The molecule has 2 heterocycles. The lowest BCUT2D eigenvalue weighted by Gasteiger charge is -2.30. The monoisotopic (exact) mass is 518 g/mol. The van der Waals surface area contributed by atoms with Crippen molar-refractivity contribution in [1.29, 1.82) is 0 Å². The molecule has 1 aliphatic carbocycles. The van der Waals surface area contributed by atoms with Crippen LogP contribution in [0, 0.1) is 0 Å². The minimum absolute atomic E-state index is 0.0417. The molecular weight excluding hydrogens is 488 g/mol. The van der Waals surface area contributed by atoms with Crippen LogP contribution in [0.1, 0.15) is 70.4 Å². The number of esters is 1. The van der Waals surface area contributed by atoms with Crippen molar-refractivity contribution in [2.75, 3.05) is 19.0 Å². The number of nitrogens with one attached hydrogen (secondary N) is 1. The van der Waals surface area contributed by atoms with Gasteiger partial charge in [-0.2, -0.15) is 10.1 Å². The minimum atomic E-state index is -0.505. The van der Waals surface area contributed by atoms with E-state index in [1.54, 1.807) is 11.8 Å². The molecule has 2 aromatic rings. The molecule has 178 valence electrons. The third kappa shape index (κ3) is 5.03. The molecule has 0 amide bonds. The van der Waals surface area contributed by atoms with Crippen molar-refractivity contribution in [2.45, 2.75) is 70.9 Å². The topological polar surface area (TPSA) is 87.5 Å². The molecule has 8 nitrogen and oxygen atoms in total. The summed E-state index contributed by atoms with van der Waals surface area (Å²) in [5, 5.41) is 7.61. The normalized spacial score (nSPS) is 18.5. The first-order valence-corrected chi connectivity index (χ1v) is 12.4. The second-order valence-corrected chi connectivity index (χ2v) is 9.35. The SMILES string of the molecule is CCCCOc1c(Br)cc(C2C(C(=O)OC3CCCCC3)=C(C)Nc3ncnn32)cc1OC. The smallest absolute Gasteiger partial charge is 0.338 e. The maximum Gasteiger partial charge on any atom is 0.338 e. The molecule has 1 saturated carbocycles. The van der Waals surface area contributed by atoms with Crippen molar-refractivity contribution < 1.29 is 19.0 Å². The Hall–Kier alpha value is -2.55. The lowest BCUT2D eigenvalue weighted by Crippen LogP contribution is -2.32. The highest BCUT2D eigenvalue weighted by molar-refractivity contribution is 9.10. The highest BCUT2D eigenvalue weighted by atomic mass is 79.9. The van der Waals surface area contributed by atoms with Crippen LogP contribution in [0.4, 0.5) is 5.95 Å². The summed E-state index contributed by atoms with van der Waals surface area (Å²) in [5.41, 5.74) is 2.05. The lowest BCUT2D eigenvalue weighted by atomic mass is 9.94. The molecule has 1 unspecified atom stereocenters. The van der Waals surface area contributed by atoms with Crippen LogP contribution in [0.3, 0.4) is 0 Å². The van der Waals surface area contributed by atoms with E-state index in [1.165, 1.54) is 12.7 Å². The largest absolute Gasteiger partial charge is 0.493 e. The highest BCUT2D eigenvalue weighted by Crippen LogP contribution is 2.43. The Bertz CT molecular complexity index is 1030.